The number of aliphatic hydroxyl groups is 1. The molecule has 80 valence electrons. The summed E-state index contributed by atoms with van der Waals surface area (Å²) in [5.41, 5.74) is 0. The summed E-state index contributed by atoms with van der Waals surface area (Å²) < 4.78 is 40.8. The van der Waals surface area contributed by atoms with Crippen molar-refractivity contribution in [2.45, 2.75) is 19.0 Å². The van der Waals surface area contributed by atoms with Crippen LogP contribution in [0.3, 0.4) is 0 Å². The molecule has 1 aromatic heterocycles. The molecule has 5 heteroatoms. The minimum Gasteiger partial charge on any atom is -0.469 e. The van der Waals surface area contributed by atoms with Crippen molar-refractivity contribution in [3.63, 3.8) is 0 Å². The summed E-state index contributed by atoms with van der Waals surface area (Å²) in [6.45, 7) is -0.486. The summed E-state index contributed by atoms with van der Waals surface area (Å²) >= 11 is 0. The molecule has 0 aliphatic heterocycles. The first-order valence-corrected chi connectivity index (χ1v) is 4.21. The number of hydrogen-bond acceptors (Lipinski definition) is 2. The molecule has 1 N–H and O–H groups in total. The van der Waals surface area contributed by atoms with E-state index in [1.165, 1.54) is 6.26 Å². The summed E-state index contributed by atoms with van der Waals surface area (Å²) in [5.74, 6) is -0.352. The Morgan fingerprint density at radius 3 is 2.57 bits per heavy atom. The van der Waals surface area contributed by atoms with Crippen LogP contribution in [0.5, 0.6) is 0 Å². The van der Waals surface area contributed by atoms with Crippen molar-refractivity contribution >= 4 is 0 Å². The maximum Gasteiger partial charge on any atom is 0.389 e. The van der Waals surface area contributed by atoms with Gasteiger partial charge in [0.2, 0.25) is 0 Å². The molecule has 2 nitrogen and oxygen atoms in total. The average Bonchev–Trinajstić information content (AvgIpc) is 2.53. The SMILES string of the molecule is OCC(Cc1ccco1)CC(F)(F)F. The lowest BCUT2D eigenvalue weighted by molar-refractivity contribution is -0.147. The maximum absolute atomic E-state index is 12.0. The molecule has 0 aromatic carbocycles. The number of aliphatic hydroxyl groups excluding tert-OH is 1. The predicted octanol–water partition coefficient (Wildman–Crippen LogP) is 2.38. The van der Waals surface area contributed by atoms with Gasteiger partial charge in [-0.2, -0.15) is 13.2 Å². The molecule has 0 bridgehead atoms. The van der Waals surface area contributed by atoms with Gasteiger partial charge in [-0.1, -0.05) is 0 Å². The van der Waals surface area contributed by atoms with E-state index in [4.69, 9.17) is 9.52 Å². The molecular formula is C9H11F3O2. The van der Waals surface area contributed by atoms with Gasteiger partial charge in [0.05, 0.1) is 6.26 Å². The van der Waals surface area contributed by atoms with Gasteiger partial charge in [0.25, 0.3) is 0 Å². The van der Waals surface area contributed by atoms with Crippen LogP contribution in [0.25, 0.3) is 0 Å². The highest BCUT2D eigenvalue weighted by Crippen LogP contribution is 2.26. The fourth-order valence-corrected chi connectivity index (χ4v) is 1.24. The highest BCUT2D eigenvalue weighted by molar-refractivity contribution is 4.99. The zero-order chi connectivity index (χ0) is 10.6. The van der Waals surface area contributed by atoms with Gasteiger partial charge < -0.3 is 9.52 Å². The normalized spacial score (nSPS) is 14.3. The minimum atomic E-state index is -4.24. The molecule has 0 saturated heterocycles. The Labute approximate surface area is 79.3 Å². The van der Waals surface area contributed by atoms with Crippen LogP contribution in [0, 0.1) is 5.92 Å². The van der Waals surface area contributed by atoms with Gasteiger partial charge >= 0.3 is 6.18 Å². The zero-order valence-corrected chi connectivity index (χ0v) is 7.42. The topological polar surface area (TPSA) is 33.4 Å². The number of halogens is 3. The monoisotopic (exact) mass is 208 g/mol. The lowest BCUT2D eigenvalue weighted by atomic mass is 10.0. The molecule has 0 spiro atoms. The largest absolute Gasteiger partial charge is 0.469 e. The summed E-state index contributed by atoms with van der Waals surface area (Å²) in [6, 6.07) is 3.20. The van der Waals surface area contributed by atoms with Gasteiger partial charge in [0.1, 0.15) is 5.76 Å². The number of furan rings is 1. The van der Waals surface area contributed by atoms with Crippen LogP contribution in [-0.2, 0) is 6.42 Å². The van der Waals surface area contributed by atoms with Crippen LogP contribution in [0.2, 0.25) is 0 Å². The summed E-state index contributed by atoms with van der Waals surface area (Å²) in [4.78, 5) is 0. The Morgan fingerprint density at radius 2 is 2.14 bits per heavy atom. The second-order valence-electron chi connectivity index (χ2n) is 3.15. The van der Waals surface area contributed by atoms with Crippen molar-refractivity contribution in [2.24, 2.45) is 5.92 Å². The van der Waals surface area contributed by atoms with Crippen LogP contribution in [0.15, 0.2) is 22.8 Å². The third-order valence-corrected chi connectivity index (χ3v) is 1.85. The van der Waals surface area contributed by atoms with E-state index in [1.54, 1.807) is 12.1 Å². The fourth-order valence-electron chi connectivity index (χ4n) is 1.24. The van der Waals surface area contributed by atoms with E-state index in [9.17, 15) is 13.2 Å². The molecule has 0 aliphatic rings. The van der Waals surface area contributed by atoms with Gasteiger partial charge in [-0.3, -0.25) is 0 Å². The highest BCUT2D eigenvalue weighted by atomic mass is 19.4. The molecule has 0 saturated carbocycles. The Morgan fingerprint density at radius 1 is 1.43 bits per heavy atom. The van der Waals surface area contributed by atoms with Crippen molar-refractivity contribution in [1.82, 2.24) is 0 Å². The summed E-state index contributed by atoms with van der Waals surface area (Å²) in [6.07, 6.45) is -3.70. The molecule has 0 radical (unpaired) electrons. The predicted molar refractivity (Wildman–Crippen MR) is 43.7 cm³/mol. The first kappa shape index (κ1) is 11.1. The van der Waals surface area contributed by atoms with Crippen molar-refractivity contribution in [3.05, 3.63) is 24.2 Å². The molecule has 0 aliphatic carbocycles. The van der Waals surface area contributed by atoms with E-state index in [-0.39, 0.29) is 6.42 Å². The van der Waals surface area contributed by atoms with E-state index in [2.05, 4.69) is 0 Å². The molecule has 1 heterocycles. The second kappa shape index (κ2) is 4.50. The fraction of sp³-hybridized carbons (Fsp3) is 0.556. The molecule has 1 rings (SSSR count). The average molecular weight is 208 g/mol. The first-order valence-electron chi connectivity index (χ1n) is 4.21. The number of hydrogen-bond donors (Lipinski definition) is 1. The maximum atomic E-state index is 12.0. The van der Waals surface area contributed by atoms with Crippen molar-refractivity contribution in [3.8, 4) is 0 Å². The van der Waals surface area contributed by atoms with Crippen LogP contribution < -0.4 is 0 Å². The Hall–Kier alpha value is -0.970. The third kappa shape index (κ3) is 3.83. The summed E-state index contributed by atoms with van der Waals surface area (Å²) in [5, 5.41) is 8.75. The molecule has 1 unspecified atom stereocenters. The number of alkyl halides is 3. The Balaban J connectivity index is 2.47. The van der Waals surface area contributed by atoms with E-state index in [1.807, 2.05) is 0 Å². The Kier molecular flexibility index (Phi) is 3.57. The lowest BCUT2D eigenvalue weighted by Gasteiger charge is -2.14. The molecular weight excluding hydrogens is 197 g/mol. The molecule has 1 aromatic rings. The van der Waals surface area contributed by atoms with Gasteiger partial charge in [-0.05, 0) is 18.1 Å². The van der Waals surface area contributed by atoms with Gasteiger partial charge in [-0.15, -0.1) is 0 Å². The lowest BCUT2D eigenvalue weighted by Crippen LogP contribution is -2.19. The molecule has 14 heavy (non-hydrogen) atoms. The van der Waals surface area contributed by atoms with E-state index in [0.29, 0.717) is 5.76 Å². The quantitative estimate of drug-likeness (QED) is 0.824. The van der Waals surface area contributed by atoms with Crippen LogP contribution in [0.4, 0.5) is 13.2 Å². The second-order valence-corrected chi connectivity index (χ2v) is 3.15. The van der Waals surface area contributed by atoms with Gasteiger partial charge in [0.15, 0.2) is 0 Å². The van der Waals surface area contributed by atoms with Crippen molar-refractivity contribution < 1.29 is 22.7 Å². The smallest absolute Gasteiger partial charge is 0.389 e. The highest BCUT2D eigenvalue weighted by Gasteiger charge is 2.31. The van der Waals surface area contributed by atoms with Crippen molar-refractivity contribution in [1.29, 1.82) is 0 Å². The third-order valence-electron chi connectivity index (χ3n) is 1.85. The molecule has 0 amide bonds. The minimum absolute atomic E-state index is 0.114. The van der Waals surface area contributed by atoms with Crippen LogP contribution >= 0.6 is 0 Å². The van der Waals surface area contributed by atoms with E-state index in [0.717, 1.165) is 0 Å². The molecule has 1 atom stereocenters. The molecule has 0 fully saturated rings. The van der Waals surface area contributed by atoms with Gasteiger partial charge in [-0.25, -0.2) is 0 Å². The van der Waals surface area contributed by atoms with E-state index < -0.39 is 25.1 Å². The first-order chi connectivity index (χ1) is 6.51. The summed E-state index contributed by atoms with van der Waals surface area (Å²) in [7, 11) is 0. The van der Waals surface area contributed by atoms with Crippen LogP contribution in [-0.4, -0.2) is 17.9 Å². The number of rotatable bonds is 4. The van der Waals surface area contributed by atoms with Gasteiger partial charge in [0, 0.05) is 19.4 Å². The van der Waals surface area contributed by atoms with E-state index >= 15 is 0 Å². The standard InChI is InChI=1S/C9H11F3O2/c10-9(11,12)5-7(6-13)4-8-2-1-3-14-8/h1-3,7,13H,4-6H2. The van der Waals surface area contributed by atoms with Crippen LogP contribution in [0.1, 0.15) is 12.2 Å². The van der Waals surface area contributed by atoms with Crippen molar-refractivity contribution in [2.75, 3.05) is 6.61 Å². The zero-order valence-electron chi connectivity index (χ0n) is 7.42. The Bertz CT molecular complexity index is 254.